The fourth-order valence-electron chi connectivity index (χ4n) is 2.23. The highest BCUT2D eigenvalue weighted by atomic mass is 16.5. The van der Waals surface area contributed by atoms with Crippen molar-refractivity contribution in [3.05, 3.63) is 11.7 Å². The van der Waals surface area contributed by atoms with Crippen LogP contribution in [0.15, 0.2) is 4.52 Å². The summed E-state index contributed by atoms with van der Waals surface area (Å²) in [4.78, 5) is 6.81. The molecule has 0 saturated carbocycles. The van der Waals surface area contributed by atoms with Gasteiger partial charge >= 0.3 is 0 Å². The van der Waals surface area contributed by atoms with Gasteiger partial charge in [0.2, 0.25) is 11.7 Å². The van der Waals surface area contributed by atoms with Crippen molar-refractivity contribution in [2.24, 2.45) is 0 Å². The van der Waals surface area contributed by atoms with Crippen LogP contribution in [0.3, 0.4) is 0 Å². The Labute approximate surface area is 108 Å². The number of hydrogen-bond donors (Lipinski definition) is 1. The lowest BCUT2D eigenvalue weighted by Gasteiger charge is -2.30. The van der Waals surface area contributed by atoms with Crippen LogP contribution in [0.5, 0.6) is 0 Å². The number of aromatic nitrogens is 2. The molecule has 2 atom stereocenters. The molecule has 1 aromatic rings. The molecule has 0 spiro atoms. The van der Waals surface area contributed by atoms with E-state index in [0.717, 1.165) is 32.6 Å². The maximum Gasteiger partial charge on any atom is 0.243 e. The fraction of sp³-hybridized carbons (Fsp3) is 0.833. The van der Waals surface area contributed by atoms with Crippen molar-refractivity contribution in [2.45, 2.75) is 32.4 Å². The Balaban J connectivity index is 2.04. The van der Waals surface area contributed by atoms with Crippen LogP contribution in [0.1, 0.15) is 44.1 Å². The fourth-order valence-corrected chi connectivity index (χ4v) is 2.23. The number of hydrogen-bond acceptors (Lipinski definition) is 6. The van der Waals surface area contributed by atoms with Crippen LogP contribution >= 0.6 is 0 Å². The van der Waals surface area contributed by atoms with Crippen molar-refractivity contribution in [3.63, 3.8) is 0 Å². The SMILES string of the molecule is CCC(OC)c1noc(C(C)N2CCNCC2)n1. The number of ether oxygens (including phenoxy) is 1. The van der Waals surface area contributed by atoms with Gasteiger partial charge in [-0.05, 0) is 13.3 Å². The minimum absolute atomic E-state index is 0.0716. The summed E-state index contributed by atoms with van der Waals surface area (Å²) in [6.07, 6.45) is 0.773. The Morgan fingerprint density at radius 2 is 2.17 bits per heavy atom. The van der Waals surface area contributed by atoms with Crippen molar-refractivity contribution >= 4 is 0 Å². The molecule has 0 radical (unpaired) electrons. The lowest BCUT2D eigenvalue weighted by molar-refractivity contribution is 0.0902. The lowest BCUT2D eigenvalue weighted by Crippen LogP contribution is -2.44. The summed E-state index contributed by atoms with van der Waals surface area (Å²) in [5, 5.41) is 7.36. The van der Waals surface area contributed by atoms with Crippen molar-refractivity contribution in [2.75, 3.05) is 33.3 Å². The Morgan fingerprint density at radius 1 is 1.44 bits per heavy atom. The van der Waals surface area contributed by atoms with Gasteiger partial charge in [0.1, 0.15) is 6.10 Å². The molecular weight excluding hydrogens is 232 g/mol. The zero-order chi connectivity index (χ0) is 13.0. The number of rotatable bonds is 5. The van der Waals surface area contributed by atoms with Crippen LogP contribution < -0.4 is 5.32 Å². The third-order valence-corrected chi connectivity index (χ3v) is 3.46. The maximum absolute atomic E-state index is 5.36. The molecule has 0 bridgehead atoms. The molecule has 0 aliphatic carbocycles. The maximum atomic E-state index is 5.36. The standard InChI is InChI=1S/C12H22N4O2/c1-4-10(17-3)11-14-12(18-15-11)9(2)16-7-5-13-6-8-16/h9-10,13H,4-8H2,1-3H3. The molecule has 2 heterocycles. The molecule has 2 rings (SSSR count). The first-order chi connectivity index (χ1) is 8.76. The van der Waals surface area contributed by atoms with E-state index in [1.807, 2.05) is 6.92 Å². The van der Waals surface area contributed by atoms with Crippen molar-refractivity contribution < 1.29 is 9.26 Å². The van der Waals surface area contributed by atoms with Crippen molar-refractivity contribution in [3.8, 4) is 0 Å². The monoisotopic (exact) mass is 254 g/mol. The largest absolute Gasteiger partial charge is 0.373 e. The van der Waals surface area contributed by atoms with E-state index in [1.54, 1.807) is 7.11 Å². The van der Waals surface area contributed by atoms with E-state index in [0.29, 0.717) is 11.7 Å². The van der Waals surface area contributed by atoms with Gasteiger partial charge in [-0.3, -0.25) is 4.90 Å². The minimum atomic E-state index is -0.0716. The third-order valence-electron chi connectivity index (χ3n) is 3.46. The minimum Gasteiger partial charge on any atom is -0.373 e. The predicted molar refractivity (Wildman–Crippen MR) is 67.2 cm³/mol. The number of nitrogens with one attached hydrogen (secondary N) is 1. The normalized spacial score (nSPS) is 20.8. The number of methoxy groups -OCH3 is 1. The summed E-state index contributed by atoms with van der Waals surface area (Å²) in [5.41, 5.74) is 0. The molecule has 6 nitrogen and oxygen atoms in total. The summed E-state index contributed by atoms with van der Waals surface area (Å²) in [7, 11) is 1.67. The highest BCUT2D eigenvalue weighted by molar-refractivity contribution is 4.96. The topological polar surface area (TPSA) is 63.4 Å². The summed E-state index contributed by atoms with van der Waals surface area (Å²) in [6.45, 7) is 8.21. The second kappa shape index (κ2) is 6.26. The molecular formula is C12H22N4O2. The molecule has 1 aromatic heterocycles. The Morgan fingerprint density at radius 3 is 2.78 bits per heavy atom. The highest BCUT2D eigenvalue weighted by Gasteiger charge is 2.24. The second-order valence-corrected chi connectivity index (χ2v) is 4.59. The summed E-state index contributed by atoms with van der Waals surface area (Å²) in [6, 6.07) is 0.169. The Hall–Kier alpha value is -0.980. The molecule has 0 aromatic carbocycles. The van der Waals surface area contributed by atoms with Crippen LogP contribution in [-0.2, 0) is 4.74 Å². The van der Waals surface area contributed by atoms with E-state index in [9.17, 15) is 0 Å². The Bertz CT molecular complexity index is 359. The van der Waals surface area contributed by atoms with Crippen molar-refractivity contribution in [1.82, 2.24) is 20.4 Å². The first kappa shape index (κ1) is 13.5. The smallest absolute Gasteiger partial charge is 0.243 e. The average molecular weight is 254 g/mol. The lowest BCUT2D eigenvalue weighted by atomic mass is 10.2. The van der Waals surface area contributed by atoms with Crippen LogP contribution in [0.4, 0.5) is 0 Å². The van der Waals surface area contributed by atoms with Gasteiger partial charge < -0.3 is 14.6 Å². The van der Waals surface area contributed by atoms with Gasteiger partial charge in [0, 0.05) is 33.3 Å². The molecule has 1 saturated heterocycles. The predicted octanol–water partition coefficient (Wildman–Crippen LogP) is 1.13. The third kappa shape index (κ3) is 2.88. The van der Waals surface area contributed by atoms with E-state index in [2.05, 4.69) is 27.3 Å². The molecule has 0 amide bonds. The average Bonchev–Trinajstić information content (AvgIpc) is 2.90. The van der Waals surface area contributed by atoms with Gasteiger partial charge in [-0.1, -0.05) is 12.1 Å². The van der Waals surface area contributed by atoms with E-state index < -0.39 is 0 Å². The van der Waals surface area contributed by atoms with Crippen LogP contribution in [0.2, 0.25) is 0 Å². The summed E-state index contributed by atoms with van der Waals surface area (Å²) in [5.74, 6) is 1.33. The highest BCUT2D eigenvalue weighted by Crippen LogP contribution is 2.22. The van der Waals surface area contributed by atoms with Gasteiger partial charge in [-0.25, -0.2) is 0 Å². The number of nitrogens with zero attached hydrogens (tertiary/aromatic N) is 3. The van der Waals surface area contributed by atoms with Crippen LogP contribution in [0, 0.1) is 0 Å². The molecule has 1 fully saturated rings. The molecule has 1 aliphatic rings. The molecule has 102 valence electrons. The van der Waals surface area contributed by atoms with Crippen LogP contribution in [0.25, 0.3) is 0 Å². The molecule has 1 aliphatic heterocycles. The van der Waals surface area contributed by atoms with E-state index in [4.69, 9.17) is 9.26 Å². The van der Waals surface area contributed by atoms with E-state index >= 15 is 0 Å². The molecule has 2 unspecified atom stereocenters. The first-order valence-electron chi connectivity index (χ1n) is 6.57. The van der Waals surface area contributed by atoms with Gasteiger partial charge in [-0.15, -0.1) is 0 Å². The molecule has 18 heavy (non-hydrogen) atoms. The van der Waals surface area contributed by atoms with Gasteiger partial charge in [0.05, 0.1) is 6.04 Å². The second-order valence-electron chi connectivity index (χ2n) is 4.59. The van der Waals surface area contributed by atoms with Gasteiger partial charge in [0.25, 0.3) is 0 Å². The summed E-state index contributed by atoms with van der Waals surface area (Å²) < 4.78 is 10.7. The quantitative estimate of drug-likeness (QED) is 0.850. The zero-order valence-corrected chi connectivity index (χ0v) is 11.3. The Kier molecular flexibility index (Phi) is 4.68. The van der Waals surface area contributed by atoms with Gasteiger partial charge in [-0.2, -0.15) is 4.98 Å². The molecule has 1 N–H and O–H groups in total. The number of piperazine rings is 1. The first-order valence-corrected chi connectivity index (χ1v) is 6.57. The van der Waals surface area contributed by atoms with E-state index in [1.165, 1.54) is 0 Å². The van der Waals surface area contributed by atoms with E-state index in [-0.39, 0.29) is 12.1 Å². The van der Waals surface area contributed by atoms with Gasteiger partial charge in [0.15, 0.2) is 0 Å². The summed E-state index contributed by atoms with van der Waals surface area (Å²) >= 11 is 0. The zero-order valence-electron chi connectivity index (χ0n) is 11.3. The van der Waals surface area contributed by atoms with Crippen LogP contribution in [-0.4, -0.2) is 48.3 Å². The van der Waals surface area contributed by atoms with Crippen molar-refractivity contribution in [1.29, 1.82) is 0 Å². The molecule has 6 heteroatoms.